The van der Waals surface area contributed by atoms with Gasteiger partial charge in [-0.05, 0) is 37.3 Å². The summed E-state index contributed by atoms with van der Waals surface area (Å²) in [7, 11) is 0. The highest BCUT2D eigenvalue weighted by Crippen LogP contribution is 2.32. The van der Waals surface area contributed by atoms with E-state index in [0.29, 0.717) is 11.7 Å². The van der Waals surface area contributed by atoms with Crippen LogP contribution < -0.4 is 10.5 Å². The zero-order valence-electron chi connectivity index (χ0n) is 11.3. The quantitative estimate of drug-likeness (QED) is 0.817. The van der Waals surface area contributed by atoms with Gasteiger partial charge in [0.15, 0.2) is 0 Å². The lowest BCUT2D eigenvalue weighted by atomic mass is 9.85. The summed E-state index contributed by atoms with van der Waals surface area (Å²) in [6, 6.07) is 4.92. The molecule has 1 aromatic rings. The summed E-state index contributed by atoms with van der Waals surface area (Å²) in [6.45, 7) is 2.20. The number of carboxylic acid groups (broad SMARTS) is 1. The number of para-hydroxylation sites is 1. The van der Waals surface area contributed by atoms with E-state index in [4.69, 9.17) is 15.6 Å². The zero-order valence-corrected chi connectivity index (χ0v) is 11.3. The van der Waals surface area contributed by atoms with Crippen LogP contribution in [0, 0.1) is 5.92 Å². The van der Waals surface area contributed by atoms with E-state index in [9.17, 15) is 4.79 Å². The van der Waals surface area contributed by atoms with Gasteiger partial charge >= 0.3 is 5.97 Å². The SMILES string of the molecule is CCC1CCCC(Oc2cccc(C(=O)O)c2N)C1. The number of nitrogens with two attached hydrogens (primary N) is 1. The van der Waals surface area contributed by atoms with Crippen molar-refractivity contribution in [1.82, 2.24) is 0 Å². The van der Waals surface area contributed by atoms with Gasteiger partial charge in [0.2, 0.25) is 0 Å². The van der Waals surface area contributed by atoms with Gasteiger partial charge in [0.05, 0.1) is 17.4 Å². The van der Waals surface area contributed by atoms with E-state index in [1.165, 1.54) is 25.3 Å². The first kappa shape index (κ1) is 13.7. The minimum absolute atomic E-state index is 0.111. The normalized spacial score (nSPS) is 23.0. The Labute approximate surface area is 113 Å². The first-order valence-corrected chi connectivity index (χ1v) is 6.90. The van der Waals surface area contributed by atoms with Crippen molar-refractivity contribution in [3.8, 4) is 5.75 Å². The maximum Gasteiger partial charge on any atom is 0.337 e. The highest BCUT2D eigenvalue weighted by atomic mass is 16.5. The van der Waals surface area contributed by atoms with Crippen LogP contribution in [0.4, 0.5) is 5.69 Å². The predicted octanol–water partition coefficient (Wildman–Crippen LogP) is 3.31. The molecule has 0 radical (unpaired) electrons. The molecule has 4 heteroatoms. The molecule has 0 spiro atoms. The average molecular weight is 263 g/mol. The summed E-state index contributed by atoms with van der Waals surface area (Å²) in [6.07, 6.45) is 5.82. The summed E-state index contributed by atoms with van der Waals surface area (Å²) in [5.41, 5.74) is 6.20. The Morgan fingerprint density at radius 2 is 2.26 bits per heavy atom. The molecule has 2 atom stereocenters. The molecule has 1 fully saturated rings. The second-order valence-electron chi connectivity index (χ2n) is 5.20. The lowest BCUT2D eigenvalue weighted by Crippen LogP contribution is -2.25. The Bertz CT molecular complexity index is 459. The molecule has 19 heavy (non-hydrogen) atoms. The lowest BCUT2D eigenvalue weighted by Gasteiger charge is -2.29. The number of benzene rings is 1. The highest BCUT2D eigenvalue weighted by Gasteiger charge is 2.23. The van der Waals surface area contributed by atoms with Crippen LogP contribution in [0.5, 0.6) is 5.75 Å². The van der Waals surface area contributed by atoms with Gasteiger partial charge < -0.3 is 15.6 Å². The molecule has 1 aromatic carbocycles. The minimum Gasteiger partial charge on any atom is -0.488 e. The molecule has 2 unspecified atom stereocenters. The van der Waals surface area contributed by atoms with Crippen LogP contribution in [0.25, 0.3) is 0 Å². The lowest BCUT2D eigenvalue weighted by molar-refractivity contribution is 0.0696. The van der Waals surface area contributed by atoms with Crippen molar-refractivity contribution >= 4 is 11.7 Å². The van der Waals surface area contributed by atoms with Crippen molar-refractivity contribution < 1.29 is 14.6 Å². The Kier molecular flexibility index (Phi) is 4.30. The molecule has 1 aliphatic rings. The van der Waals surface area contributed by atoms with E-state index in [1.54, 1.807) is 12.1 Å². The van der Waals surface area contributed by atoms with E-state index in [0.717, 1.165) is 12.8 Å². The first-order valence-electron chi connectivity index (χ1n) is 6.90. The Hall–Kier alpha value is -1.71. The highest BCUT2D eigenvalue weighted by molar-refractivity contribution is 5.95. The molecular formula is C15H21NO3. The van der Waals surface area contributed by atoms with Crippen LogP contribution in [0.1, 0.15) is 49.4 Å². The third kappa shape index (κ3) is 3.19. The van der Waals surface area contributed by atoms with Gasteiger partial charge in [-0.3, -0.25) is 0 Å². The van der Waals surface area contributed by atoms with Crippen LogP contribution in [0.15, 0.2) is 18.2 Å². The second kappa shape index (κ2) is 5.95. The number of hydrogen-bond donors (Lipinski definition) is 2. The number of carboxylic acids is 1. The van der Waals surface area contributed by atoms with Gasteiger partial charge in [-0.1, -0.05) is 25.8 Å². The van der Waals surface area contributed by atoms with E-state index < -0.39 is 5.97 Å². The number of anilines is 1. The molecule has 3 N–H and O–H groups in total. The van der Waals surface area contributed by atoms with Crippen molar-refractivity contribution in [2.75, 3.05) is 5.73 Å². The second-order valence-corrected chi connectivity index (χ2v) is 5.20. The molecule has 4 nitrogen and oxygen atoms in total. The number of aromatic carboxylic acids is 1. The van der Waals surface area contributed by atoms with E-state index >= 15 is 0 Å². The van der Waals surface area contributed by atoms with Crippen molar-refractivity contribution in [3.63, 3.8) is 0 Å². The first-order chi connectivity index (χ1) is 9.11. The van der Waals surface area contributed by atoms with Crippen molar-refractivity contribution in [2.24, 2.45) is 5.92 Å². The number of rotatable bonds is 4. The van der Waals surface area contributed by atoms with Crippen LogP contribution in [0.2, 0.25) is 0 Å². The van der Waals surface area contributed by atoms with Gasteiger partial charge in [0, 0.05) is 0 Å². The van der Waals surface area contributed by atoms with Gasteiger partial charge in [0.25, 0.3) is 0 Å². The Balaban J connectivity index is 2.10. The van der Waals surface area contributed by atoms with Crippen molar-refractivity contribution in [3.05, 3.63) is 23.8 Å². The van der Waals surface area contributed by atoms with Gasteiger partial charge in [-0.25, -0.2) is 4.79 Å². The molecular weight excluding hydrogens is 242 g/mol. The maximum atomic E-state index is 11.0. The fraction of sp³-hybridized carbons (Fsp3) is 0.533. The molecule has 1 saturated carbocycles. The van der Waals surface area contributed by atoms with E-state index in [2.05, 4.69) is 6.92 Å². The Morgan fingerprint density at radius 3 is 2.95 bits per heavy atom. The third-order valence-electron chi connectivity index (χ3n) is 3.90. The number of carbonyl (C=O) groups is 1. The summed E-state index contributed by atoms with van der Waals surface area (Å²) >= 11 is 0. The third-order valence-corrected chi connectivity index (χ3v) is 3.90. The molecule has 0 heterocycles. The minimum atomic E-state index is -1.02. The molecule has 0 saturated heterocycles. The van der Waals surface area contributed by atoms with Gasteiger partial charge in [-0.15, -0.1) is 0 Å². The summed E-state index contributed by atoms with van der Waals surface area (Å²) < 4.78 is 5.92. The molecule has 2 rings (SSSR count). The fourth-order valence-corrected chi connectivity index (χ4v) is 2.73. The monoisotopic (exact) mass is 263 g/mol. The summed E-state index contributed by atoms with van der Waals surface area (Å²) in [5.74, 6) is 0.197. The maximum absolute atomic E-state index is 11.0. The zero-order chi connectivity index (χ0) is 13.8. The van der Waals surface area contributed by atoms with Crippen LogP contribution in [-0.2, 0) is 0 Å². The standard InChI is InChI=1S/C15H21NO3/c1-2-10-5-3-6-11(9-10)19-13-8-4-7-12(14(13)16)15(17)18/h4,7-8,10-11H,2-3,5-6,9,16H2,1H3,(H,17,18). The van der Waals surface area contributed by atoms with E-state index in [1.807, 2.05) is 0 Å². The average Bonchev–Trinajstić information content (AvgIpc) is 2.41. The Morgan fingerprint density at radius 1 is 1.47 bits per heavy atom. The molecule has 0 amide bonds. The molecule has 0 aromatic heterocycles. The summed E-state index contributed by atoms with van der Waals surface area (Å²) in [4.78, 5) is 11.0. The van der Waals surface area contributed by atoms with Crippen molar-refractivity contribution in [1.29, 1.82) is 0 Å². The van der Waals surface area contributed by atoms with Gasteiger partial charge in [-0.2, -0.15) is 0 Å². The van der Waals surface area contributed by atoms with Crippen LogP contribution in [0.3, 0.4) is 0 Å². The topological polar surface area (TPSA) is 72.5 Å². The predicted molar refractivity (Wildman–Crippen MR) is 74.5 cm³/mol. The number of hydrogen-bond acceptors (Lipinski definition) is 3. The van der Waals surface area contributed by atoms with Crippen LogP contribution >= 0.6 is 0 Å². The largest absolute Gasteiger partial charge is 0.488 e. The number of ether oxygens (including phenoxy) is 1. The smallest absolute Gasteiger partial charge is 0.337 e. The molecule has 0 aliphatic heterocycles. The van der Waals surface area contributed by atoms with Crippen LogP contribution in [-0.4, -0.2) is 17.2 Å². The van der Waals surface area contributed by atoms with Crippen molar-refractivity contribution in [2.45, 2.75) is 45.1 Å². The number of nitrogen functional groups attached to an aromatic ring is 1. The van der Waals surface area contributed by atoms with E-state index in [-0.39, 0.29) is 17.4 Å². The fourth-order valence-electron chi connectivity index (χ4n) is 2.73. The molecule has 1 aliphatic carbocycles. The summed E-state index contributed by atoms with van der Waals surface area (Å²) in [5, 5.41) is 9.04. The molecule has 0 bridgehead atoms. The molecule has 104 valence electrons. The van der Waals surface area contributed by atoms with Gasteiger partial charge in [0.1, 0.15) is 5.75 Å².